The molecule has 2 aromatic rings. The van der Waals surface area contributed by atoms with E-state index in [-0.39, 0.29) is 10.7 Å². The predicted molar refractivity (Wildman–Crippen MR) is 86.9 cm³/mol. The van der Waals surface area contributed by atoms with E-state index in [0.29, 0.717) is 0 Å². The van der Waals surface area contributed by atoms with E-state index in [2.05, 4.69) is 14.8 Å². The second-order valence-electron chi connectivity index (χ2n) is 4.92. The number of hydrogen-bond donors (Lipinski definition) is 2. The van der Waals surface area contributed by atoms with Gasteiger partial charge < -0.3 is 10.1 Å². The third-order valence-corrected chi connectivity index (χ3v) is 3.37. The zero-order chi connectivity index (χ0) is 20.2. The summed E-state index contributed by atoms with van der Waals surface area (Å²) in [6.45, 7) is 0. The maximum Gasteiger partial charge on any atom is 0.535 e. The van der Waals surface area contributed by atoms with Crippen LogP contribution in [0.3, 0.4) is 0 Å². The first kappa shape index (κ1) is 20.5. The average molecular weight is 407 g/mol. The van der Waals surface area contributed by atoms with Crippen molar-refractivity contribution in [2.75, 3.05) is 12.4 Å². The lowest BCUT2D eigenvalue weighted by Crippen LogP contribution is -2.35. The largest absolute Gasteiger partial charge is 0.535 e. The number of hydrogen-bond acceptors (Lipinski definition) is 4. The van der Waals surface area contributed by atoms with Crippen molar-refractivity contribution >= 4 is 29.2 Å². The molecular formula is C16H11ClF4N2O4. The minimum Gasteiger partial charge on any atom is -0.408 e. The van der Waals surface area contributed by atoms with Gasteiger partial charge in [0, 0.05) is 12.8 Å². The van der Waals surface area contributed by atoms with Gasteiger partial charge in [-0.15, -0.1) is 8.78 Å². The molecule has 0 aliphatic carbocycles. The van der Waals surface area contributed by atoms with Crippen LogP contribution in [0.4, 0.5) is 28.0 Å². The average Bonchev–Trinajstić information content (AvgIpc) is 2.57. The Balaban J connectivity index is 2.06. The molecule has 0 aliphatic rings. The fourth-order valence-electron chi connectivity index (χ4n) is 1.87. The van der Waals surface area contributed by atoms with Gasteiger partial charge in [-0.2, -0.15) is 0 Å². The molecule has 0 aromatic heterocycles. The first-order valence-corrected chi connectivity index (χ1v) is 7.48. The second-order valence-corrected chi connectivity index (χ2v) is 5.33. The highest BCUT2D eigenvalue weighted by Crippen LogP contribution is 2.31. The first-order valence-electron chi connectivity index (χ1n) is 7.11. The normalized spacial score (nSPS) is 11.0. The number of anilines is 1. The fourth-order valence-corrected chi connectivity index (χ4v) is 2.09. The number of methoxy groups -OCH3 is 1. The lowest BCUT2D eigenvalue weighted by Gasteiger charge is -2.16. The SMILES string of the molecule is COC(F)(F)Oc1ccc(NC(=O)NC(=O)c2c(F)cccc2F)cc1Cl. The molecule has 27 heavy (non-hydrogen) atoms. The molecule has 2 N–H and O–H groups in total. The molecule has 0 saturated carbocycles. The number of halogens is 5. The predicted octanol–water partition coefficient (Wildman–Crippen LogP) is 4.16. The van der Waals surface area contributed by atoms with Crippen LogP contribution in [-0.4, -0.2) is 25.3 Å². The van der Waals surface area contributed by atoms with Gasteiger partial charge in [-0.1, -0.05) is 17.7 Å². The summed E-state index contributed by atoms with van der Waals surface area (Å²) < 4.78 is 61.1. The molecule has 6 nitrogen and oxygen atoms in total. The van der Waals surface area contributed by atoms with Crippen molar-refractivity contribution in [2.45, 2.75) is 6.29 Å². The van der Waals surface area contributed by atoms with Crippen LogP contribution in [0.2, 0.25) is 5.02 Å². The third kappa shape index (κ3) is 5.31. The highest BCUT2D eigenvalue weighted by Gasteiger charge is 2.32. The van der Waals surface area contributed by atoms with Gasteiger partial charge in [-0.05, 0) is 30.3 Å². The molecule has 0 saturated heterocycles. The topological polar surface area (TPSA) is 76.7 Å². The van der Waals surface area contributed by atoms with Crippen LogP contribution in [0, 0.1) is 11.6 Å². The Morgan fingerprint density at radius 1 is 1.11 bits per heavy atom. The third-order valence-electron chi connectivity index (χ3n) is 3.07. The van der Waals surface area contributed by atoms with Crippen LogP contribution >= 0.6 is 11.6 Å². The van der Waals surface area contributed by atoms with Crippen LogP contribution in [0.5, 0.6) is 5.75 Å². The minimum atomic E-state index is -3.91. The van der Waals surface area contributed by atoms with E-state index in [4.69, 9.17) is 11.6 Å². The van der Waals surface area contributed by atoms with E-state index in [0.717, 1.165) is 43.5 Å². The summed E-state index contributed by atoms with van der Waals surface area (Å²) in [7, 11) is 0.726. The summed E-state index contributed by atoms with van der Waals surface area (Å²) in [6.07, 6.45) is -3.91. The highest BCUT2D eigenvalue weighted by molar-refractivity contribution is 6.32. The van der Waals surface area contributed by atoms with Crippen molar-refractivity contribution in [1.82, 2.24) is 5.32 Å². The van der Waals surface area contributed by atoms with Gasteiger partial charge in [-0.25, -0.2) is 13.6 Å². The van der Waals surface area contributed by atoms with E-state index in [1.165, 1.54) is 0 Å². The Labute approximate surface area is 155 Å². The van der Waals surface area contributed by atoms with E-state index in [1.54, 1.807) is 5.32 Å². The molecule has 144 valence electrons. The summed E-state index contributed by atoms with van der Waals surface area (Å²) in [6, 6.07) is 4.84. The molecule has 0 fully saturated rings. The molecule has 2 rings (SSSR count). The van der Waals surface area contributed by atoms with Crippen LogP contribution in [0.1, 0.15) is 10.4 Å². The zero-order valence-electron chi connectivity index (χ0n) is 13.5. The van der Waals surface area contributed by atoms with Crippen LogP contribution in [0.15, 0.2) is 36.4 Å². The second kappa shape index (κ2) is 8.23. The quantitative estimate of drug-likeness (QED) is 0.577. The zero-order valence-corrected chi connectivity index (χ0v) is 14.2. The summed E-state index contributed by atoms with van der Waals surface area (Å²) in [5.41, 5.74) is -0.941. The van der Waals surface area contributed by atoms with E-state index in [1.807, 2.05) is 0 Å². The number of ether oxygens (including phenoxy) is 2. The van der Waals surface area contributed by atoms with Gasteiger partial charge in [0.05, 0.1) is 5.02 Å². The maximum absolute atomic E-state index is 13.5. The van der Waals surface area contributed by atoms with Gasteiger partial charge in [0.2, 0.25) is 0 Å². The number of urea groups is 1. The van der Waals surface area contributed by atoms with Crippen molar-refractivity contribution in [3.05, 3.63) is 58.6 Å². The van der Waals surface area contributed by atoms with Crippen molar-refractivity contribution in [3.8, 4) is 5.75 Å². The van der Waals surface area contributed by atoms with Gasteiger partial charge in [-0.3, -0.25) is 14.8 Å². The molecule has 0 aliphatic heterocycles. The molecule has 0 radical (unpaired) electrons. The van der Waals surface area contributed by atoms with Crippen molar-refractivity contribution in [2.24, 2.45) is 0 Å². The number of imide groups is 1. The summed E-state index contributed by atoms with van der Waals surface area (Å²) >= 11 is 5.77. The number of rotatable bonds is 5. The molecule has 0 heterocycles. The van der Waals surface area contributed by atoms with E-state index < -0.39 is 41.2 Å². The molecule has 2 aromatic carbocycles. The van der Waals surface area contributed by atoms with Crippen molar-refractivity contribution in [3.63, 3.8) is 0 Å². The molecule has 0 unspecified atom stereocenters. The van der Waals surface area contributed by atoms with Crippen LogP contribution in [0.25, 0.3) is 0 Å². The van der Waals surface area contributed by atoms with Crippen LogP contribution in [-0.2, 0) is 4.74 Å². The lowest BCUT2D eigenvalue weighted by atomic mass is 10.2. The van der Waals surface area contributed by atoms with Crippen molar-refractivity contribution < 1.29 is 36.6 Å². The summed E-state index contributed by atoms with van der Waals surface area (Å²) in [5.74, 6) is -4.04. The van der Waals surface area contributed by atoms with Gasteiger partial charge >= 0.3 is 12.3 Å². The molecule has 0 atom stereocenters. The fraction of sp³-hybridized carbons (Fsp3) is 0.125. The maximum atomic E-state index is 13.5. The Kier molecular flexibility index (Phi) is 6.24. The molecule has 0 bridgehead atoms. The standard InChI is InChI=1S/C16H11ClF4N2O4/c1-26-16(20,21)27-12-6-5-8(7-9(12)17)22-15(25)23-14(24)13-10(18)3-2-4-11(13)19/h2-7H,1H3,(H2,22,23,24,25). The summed E-state index contributed by atoms with van der Waals surface area (Å²) in [4.78, 5) is 23.6. The number of nitrogens with one attached hydrogen (secondary N) is 2. The Bertz CT molecular complexity index is 859. The van der Waals surface area contributed by atoms with Crippen molar-refractivity contribution in [1.29, 1.82) is 0 Å². The smallest absolute Gasteiger partial charge is 0.408 e. The van der Waals surface area contributed by atoms with Gasteiger partial charge in [0.25, 0.3) is 5.91 Å². The van der Waals surface area contributed by atoms with Gasteiger partial charge in [0.15, 0.2) is 0 Å². The number of alkyl halides is 2. The number of carbonyl (C=O) groups excluding carboxylic acids is 2. The molecule has 0 spiro atoms. The molecular weight excluding hydrogens is 396 g/mol. The minimum absolute atomic E-state index is 0.00705. The molecule has 3 amide bonds. The Morgan fingerprint density at radius 3 is 2.30 bits per heavy atom. The number of amides is 3. The van der Waals surface area contributed by atoms with Gasteiger partial charge in [0.1, 0.15) is 22.9 Å². The Morgan fingerprint density at radius 2 is 1.74 bits per heavy atom. The molecule has 11 heteroatoms. The number of carbonyl (C=O) groups is 2. The Hall–Kier alpha value is -2.85. The monoisotopic (exact) mass is 406 g/mol. The lowest BCUT2D eigenvalue weighted by molar-refractivity contribution is -0.342. The van der Waals surface area contributed by atoms with Crippen LogP contribution < -0.4 is 15.4 Å². The highest BCUT2D eigenvalue weighted by atomic mass is 35.5. The van der Waals surface area contributed by atoms with E-state index >= 15 is 0 Å². The number of benzene rings is 2. The van der Waals surface area contributed by atoms with E-state index in [9.17, 15) is 27.2 Å². The summed E-state index contributed by atoms with van der Waals surface area (Å²) in [5, 5.41) is 3.58. The first-order chi connectivity index (χ1) is 12.6.